The Labute approximate surface area is 76.0 Å². The second-order valence-corrected chi connectivity index (χ2v) is 3.01. The lowest BCUT2D eigenvalue weighted by Crippen LogP contribution is -2.11. The molecule has 0 unspecified atom stereocenters. The van der Waals surface area contributed by atoms with E-state index >= 15 is 0 Å². The summed E-state index contributed by atoms with van der Waals surface area (Å²) >= 11 is 0. The van der Waals surface area contributed by atoms with Gasteiger partial charge in [-0.05, 0) is 18.2 Å². The van der Waals surface area contributed by atoms with Crippen LogP contribution in [0.2, 0.25) is 0 Å². The van der Waals surface area contributed by atoms with Gasteiger partial charge in [-0.3, -0.25) is 0 Å². The quantitative estimate of drug-likeness (QED) is 0.718. The van der Waals surface area contributed by atoms with Crippen LogP contribution in [0.25, 0.3) is 0 Å². The summed E-state index contributed by atoms with van der Waals surface area (Å²) < 4.78 is 25.0. The maximum absolute atomic E-state index is 12.5. The molecule has 1 aromatic rings. The minimum absolute atomic E-state index is 0.0231. The van der Waals surface area contributed by atoms with E-state index in [0.717, 1.165) is 0 Å². The summed E-state index contributed by atoms with van der Waals surface area (Å²) in [5.74, 6) is 0. The fourth-order valence-electron chi connectivity index (χ4n) is 1.16. The molecule has 0 bridgehead atoms. The van der Waals surface area contributed by atoms with Crippen molar-refractivity contribution >= 4 is 11.4 Å². The Kier molecular flexibility index (Phi) is 2.70. The summed E-state index contributed by atoms with van der Waals surface area (Å²) in [5, 5.41) is 0. The third-order valence-electron chi connectivity index (χ3n) is 1.77. The van der Waals surface area contributed by atoms with Crippen molar-refractivity contribution in [1.82, 2.24) is 0 Å². The van der Waals surface area contributed by atoms with Crippen LogP contribution in [0.15, 0.2) is 18.2 Å². The Hall–Kier alpha value is -1.32. The fraction of sp³-hybridized carbons (Fsp3) is 0.333. The predicted octanol–water partition coefficient (Wildman–Crippen LogP) is 2.27. The summed E-state index contributed by atoms with van der Waals surface area (Å²) in [6, 6.07) is 4.51. The van der Waals surface area contributed by atoms with Gasteiger partial charge in [-0.2, -0.15) is 0 Å². The summed E-state index contributed by atoms with van der Waals surface area (Å²) in [6.07, 6.45) is -2.49. The van der Waals surface area contributed by atoms with E-state index < -0.39 is 6.43 Å². The Bertz CT molecular complexity index is 298. The highest BCUT2D eigenvalue weighted by Crippen LogP contribution is 2.30. The molecule has 0 spiro atoms. The lowest BCUT2D eigenvalue weighted by atomic mass is 10.1. The van der Waals surface area contributed by atoms with Gasteiger partial charge < -0.3 is 10.6 Å². The van der Waals surface area contributed by atoms with Gasteiger partial charge in [0.15, 0.2) is 0 Å². The van der Waals surface area contributed by atoms with E-state index in [0.29, 0.717) is 11.4 Å². The van der Waals surface area contributed by atoms with Gasteiger partial charge in [0.2, 0.25) is 0 Å². The van der Waals surface area contributed by atoms with Crippen molar-refractivity contribution in [3.05, 3.63) is 23.8 Å². The summed E-state index contributed by atoms with van der Waals surface area (Å²) in [4.78, 5) is 1.64. The molecule has 0 atom stereocenters. The monoisotopic (exact) mass is 186 g/mol. The van der Waals surface area contributed by atoms with Crippen molar-refractivity contribution < 1.29 is 8.78 Å². The highest BCUT2D eigenvalue weighted by Gasteiger charge is 2.14. The van der Waals surface area contributed by atoms with Crippen LogP contribution in [0, 0.1) is 0 Å². The number of hydrogen-bond acceptors (Lipinski definition) is 2. The Morgan fingerprint density at radius 3 is 2.38 bits per heavy atom. The van der Waals surface area contributed by atoms with Gasteiger partial charge in [0.1, 0.15) is 0 Å². The molecule has 0 aliphatic carbocycles. The zero-order valence-electron chi connectivity index (χ0n) is 7.59. The Balaban J connectivity index is 3.19. The van der Waals surface area contributed by atoms with Crippen molar-refractivity contribution in [2.75, 3.05) is 24.7 Å². The van der Waals surface area contributed by atoms with Crippen molar-refractivity contribution in [3.8, 4) is 0 Å². The number of hydrogen-bond donors (Lipinski definition) is 1. The topological polar surface area (TPSA) is 29.3 Å². The van der Waals surface area contributed by atoms with Gasteiger partial charge in [-0.1, -0.05) is 0 Å². The number of nitrogens with two attached hydrogens (primary N) is 1. The van der Waals surface area contributed by atoms with Crippen LogP contribution in [0.3, 0.4) is 0 Å². The molecule has 0 fully saturated rings. The molecule has 0 aliphatic heterocycles. The minimum Gasteiger partial charge on any atom is -0.399 e. The molecule has 0 aromatic heterocycles. The van der Waals surface area contributed by atoms with Crippen LogP contribution in [0.5, 0.6) is 0 Å². The van der Waals surface area contributed by atoms with Crippen LogP contribution in [-0.4, -0.2) is 14.1 Å². The molecule has 0 aliphatic rings. The molecule has 0 saturated carbocycles. The van der Waals surface area contributed by atoms with Gasteiger partial charge >= 0.3 is 0 Å². The van der Waals surface area contributed by atoms with E-state index in [9.17, 15) is 8.78 Å². The fourth-order valence-corrected chi connectivity index (χ4v) is 1.16. The average molecular weight is 186 g/mol. The molecule has 1 rings (SSSR count). The Morgan fingerprint density at radius 1 is 1.31 bits per heavy atom. The molecule has 0 saturated heterocycles. The first-order valence-electron chi connectivity index (χ1n) is 3.87. The number of halogens is 2. The van der Waals surface area contributed by atoms with Crippen molar-refractivity contribution in [3.63, 3.8) is 0 Å². The molecule has 0 radical (unpaired) electrons. The third-order valence-corrected chi connectivity index (χ3v) is 1.77. The molecule has 1 aromatic carbocycles. The lowest BCUT2D eigenvalue weighted by molar-refractivity contribution is 0.152. The smallest absolute Gasteiger partial charge is 0.265 e. The molecule has 72 valence electrons. The largest absolute Gasteiger partial charge is 0.399 e. The average Bonchev–Trinajstić information content (AvgIpc) is 2.03. The first-order chi connectivity index (χ1) is 6.02. The van der Waals surface area contributed by atoms with Crippen LogP contribution in [-0.2, 0) is 0 Å². The van der Waals surface area contributed by atoms with Gasteiger partial charge in [0, 0.05) is 31.0 Å². The zero-order chi connectivity index (χ0) is 10.0. The molecule has 13 heavy (non-hydrogen) atoms. The highest BCUT2D eigenvalue weighted by molar-refractivity contribution is 5.59. The Morgan fingerprint density at radius 2 is 1.92 bits per heavy atom. The molecule has 4 heteroatoms. The van der Waals surface area contributed by atoms with Crippen LogP contribution < -0.4 is 10.6 Å². The van der Waals surface area contributed by atoms with Gasteiger partial charge in [0.25, 0.3) is 6.43 Å². The van der Waals surface area contributed by atoms with Crippen molar-refractivity contribution in [2.45, 2.75) is 6.43 Å². The number of alkyl halides is 2. The molecule has 2 nitrogen and oxygen atoms in total. The molecule has 0 heterocycles. The molecule has 2 N–H and O–H groups in total. The predicted molar refractivity (Wildman–Crippen MR) is 50.1 cm³/mol. The van der Waals surface area contributed by atoms with E-state index in [4.69, 9.17) is 5.73 Å². The number of rotatable bonds is 2. The van der Waals surface area contributed by atoms with E-state index in [1.54, 1.807) is 31.1 Å². The number of nitrogens with zero attached hydrogens (tertiary/aromatic N) is 1. The third kappa shape index (κ3) is 2.08. The van der Waals surface area contributed by atoms with Crippen LogP contribution >= 0.6 is 0 Å². The first-order valence-corrected chi connectivity index (χ1v) is 3.87. The summed E-state index contributed by atoms with van der Waals surface area (Å²) in [5.41, 5.74) is 6.26. The van der Waals surface area contributed by atoms with Crippen LogP contribution in [0.1, 0.15) is 12.0 Å². The SMILES string of the molecule is CN(C)c1ccc(N)cc1C(F)F. The second-order valence-electron chi connectivity index (χ2n) is 3.01. The molecular formula is C9H12F2N2. The number of anilines is 2. The van der Waals surface area contributed by atoms with E-state index in [-0.39, 0.29) is 5.56 Å². The van der Waals surface area contributed by atoms with Gasteiger partial charge in [0.05, 0.1) is 0 Å². The maximum atomic E-state index is 12.5. The van der Waals surface area contributed by atoms with E-state index in [2.05, 4.69) is 0 Å². The number of benzene rings is 1. The zero-order valence-corrected chi connectivity index (χ0v) is 7.59. The summed E-state index contributed by atoms with van der Waals surface area (Å²) in [6.45, 7) is 0. The van der Waals surface area contributed by atoms with Gasteiger partial charge in [-0.15, -0.1) is 0 Å². The van der Waals surface area contributed by atoms with E-state index in [1.807, 2.05) is 0 Å². The number of nitrogen functional groups attached to an aromatic ring is 1. The van der Waals surface area contributed by atoms with Gasteiger partial charge in [-0.25, -0.2) is 8.78 Å². The molecule has 0 amide bonds. The van der Waals surface area contributed by atoms with Crippen molar-refractivity contribution in [2.24, 2.45) is 0 Å². The first kappa shape index (κ1) is 9.77. The summed E-state index contributed by atoms with van der Waals surface area (Å²) in [7, 11) is 3.44. The maximum Gasteiger partial charge on any atom is 0.265 e. The highest BCUT2D eigenvalue weighted by atomic mass is 19.3. The minimum atomic E-state index is -2.49. The second kappa shape index (κ2) is 3.60. The molecular weight excluding hydrogens is 174 g/mol. The normalized spacial score (nSPS) is 10.5. The van der Waals surface area contributed by atoms with Crippen LogP contribution in [0.4, 0.5) is 20.2 Å². The van der Waals surface area contributed by atoms with Crippen molar-refractivity contribution in [1.29, 1.82) is 0 Å². The standard InChI is InChI=1S/C9H12F2N2/c1-13(2)8-4-3-6(12)5-7(8)9(10)11/h3-5,9H,12H2,1-2H3. The van der Waals surface area contributed by atoms with E-state index in [1.165, 1.54) is 6.07 Å². The lowest BCUT2D eigenvalue weighted by Gasteiger charge is -2.17.